The van der Waals surface area contributed by atoms with Crippen LogP contribution in [0.4, 0.5) is 0 Å². The third-order valence-electron chi connectivity index (χ3n) is 4.49. The van der Waals surface area contributed by atoms with Gasteiger partial charge in [-0.3, -0.25) is 9.48 Å². The lowest BCUT2D eigenvalue weighted by Gasteiger charge is -2.08. The van der Waals surface area contributed by atoms with Crippen molar-refractivity contribution in [1.82, 2.24) is 9.78 Å². The number of aromatic nitrogens is 2. The zero-order valence-corrected chi connectivity index (χ0v) is 12.7. The molecule has 0 aliphatic heterocycles. The summed E-state index contributed by atoms with van der Waals surface area (Å²) < 4.78 is 1.96. The summed E-state index contributed by atoms with van der Waals surface area (Å²) in [4.78, 5) is 12.4. The molecule has 3 heteroatoms. The second-order valence-corrected chi connectivity index (χ2v) is 6.05. The number of rotatable bonds is 6. The predicted molar refractivity (Wildman–Crippen MR) is 83.2 cm³/mol. The quantitative estimate of drug-likeness (QED) is 0.808. The Labute approximate surface area is 126 Å². The summed E-state index contributed by atoms with van der Waals surface area (Å²) >= 11 is 0. The van der Waals surface area contributed by atoms with E-state index in [1.807, 2.05) is 35.1 Å². The van der Waals surface area contributed by atoms with Crippen LogP contribution in [0.15, 0.2) is 42.6 Å². The predicted octanol–water partition coefficient (Wildman–Crippen LogP) is 3.77. The van der Waals surface area contributed by atoms with Crippen molar-refractivity contribution >= 4 is 5.78 Å². The van der Waals surface area contributed by atoms with Crippen molar-refractivity contribution in [1.29, 1.82) is 0 Å². The monoisotopic (exact) mass is 282 g/mol. The zero-order valence-electron chi connectivity index (χ0n) is 12.7. The molecule has 3 rings (SSSR count). The second-order valence-electron chi connectivity index (χ2n) is 6.05. The van der Waals surface area contributed by atoms with Crippen molar-refractivity contribution in [2.24, 2.45) is 5.92 Å². The summed E-state index contributed by atoms with van der Waals surface area (Å²) in [6.07, 6.45) is 4.50. The number of nitrogens with zero attached hydrogens (tertiary/aromatic N) is 2. The summed E-state index contributed by atoms with van der Waals surface area (Å²) in [6, 6.07) is 12.7. The molecule has 110 valence electrons. The third-order valence-corrected chi connectivity index (χ3v) is 4.49. The molecule has 3 nitrogen and oxygen atoms in total. The summed E-state index contributed by atoms with van der Waals surface area (Å²) in [5.41, 5.74) is 2.19. The van der Waals surface area contributed by atoms with Crippen molar-refractivity contribution in [3.05, 3.63) is 53.9 Å². The number of Topliss-reactive ketones (excluding diaryl/α,β-unsaturated/α-hetero) is 1. The zero-order chi connectivity index (χ0) is 14.8. The van der Waals surface area contributed by atoms with Crippen molar-refractivity contribution in [2.45, 2.75) is 45.1 Å². The maximum atomic E-state index is 12.4. The topological polar surface area (TPSA) is 34.9 Å². The lowest BCUT2D eigenvalue weighted by atomic mass is 10.1. The minimum Gasteiger partial charge on any atom is -0.299 e. The number of hydrogen-bond acceptors (Lipinski definition) is 2. The van der Waals surface area contributed by atoms with Crippen LogP contribution in [0, 0.1) is 5.92 Å². The molecular formula is C18H22N2O. The molecule has 1 fully saturated rings. The number of ketones is 1. The molecule has 1 aromatic carbocycles. The van der Waals surface area contributed by atoms with E-state index < -0.39 is 0 Å². The molecule has 1 heterocycles. The van der Waals surface area contributed by atoms with E-state index in [-0.39, 0.29) is 5.92 Å². The Hall–Kier alpha value is -1.90. The Morgan fingerprint density at radius 1 is 1.33 bits per heavy atom. The van der Waals surface area contributed by atoms with E-state index in [0.29, 0.717) is 24.2 Å². The van der Waals surface area contributed by atoms with Gasteiger partial charge in [0.15, 0.2) is 0 Å². The first-order valence-corrected chi connectivity index (χ1v) is 7.80. The van der Waals surface area contributed by atoms with Crippen LogP contribution >= 0.6 is 0 Å². The van der Waals surface area contributed by atoms with Gasteiger partial charge in [0.05, 0.1) is 12.1 Å². The standard InChI is InChI=1S/C18H22N2O/c1-3-13(2)20-10-9-15(19-20)11-18(21)17-12-16(17)14-7-5-4-6-8-14/h4-10,13,16-17H,3,11-12H2,1-2H3. The highest BCUT2D eigenvalue weighted by molar-refractivity contribution is 5.86. The fourth-order valence-corrected chi connectivity index (χ4v) is 2.83. The van der Waals surface area contributed by atoms with Crippen LogP contribution in [0.25, 0.3) is 0 Å². The van der Waals surface area contributed by atoms with Crippen LogP contribution in [0.5, 0.6) is 0 Å². The normalized spacial score (nSPS) is 22.0. The highest BCUT2D eigenvalue weighted by atomic mass is 16.1. The minimum atomic E-state index is 0.196. The van der Waals surface area contributed by atoms with Crippen LogP contribution in [0.2, 0.25) is 0 Å². The highest BCUT2D eigenvalue weighted by Crippen LogP contribution is 2.48. The molecule has 21 heavy (non-hydrogen) atoms. The van der Waals surface area contributed by atoms with Crippen LogP contribution in [0.1, 0.15) is 49.9 Å². The average Bonchev–Trinajstić information content (AvgIpc) is 3.20. The first kappa shape index (κ1) is 14.1. The molecule has 1 aliphatic carbocycles. The Bertz CT molecular complexity index is 617. The number of carbonyl (C=O) groups excluding carboxylic acids is 1. The van der Waals surface area contributed by atoms with Crippen molar-refractivity contribution in [3.63, 3.8) is 0 Å². The van der Waals surface area contributed by atoms with Gasteiger partial charge < -0.3 is 0 Å². The Morgan fingerprint density at radius 2 is 2.10 bits per heavy atom. The molecular weight excluding hydrogens is 260 g/mol. The van der Waals surface area contributed by atoms with Crippen molar-refractivity contribution in [3.8, 4) is 0 Å². The molecule has 0 saturated heterocycles. The number of carbonyl (C=O) groups is 1. The van der Waals surface area contributed by atoms with E-state index in [2.05, 4.69) is 31.1 Å². The van der Waals surface area contributed by atoms with E-state index in [1.165, 1.54) is 5.56 Å². The average molecular weight is 282 g/mol. The van der Waals surface area contributed by atoms with E-state index in [0.717, 1.165) is 18.5 Å². The first-order chi connectivity index (χ1) is 10.2. The Kier molecular flexibility index (Phi) is 3.91. The van der Waals surface area contributed by atoms with Gasteiger partial charge in [-0.2, -0.15) is 5.10 Å². The van der Waals surface area contributed by atoms with Crippen LogP contribution in [-0.2, 0) is 11.2 Å². The first-order valence-electron chi connectivity index (χ1n) is 7.80. The fourth-order valence-electron chi connectivity index (χ4n) is 2.83. The molecule has 0 amide bonds. The van der Waals surface area contributed by atoms with E-state index >= 15 is 0 Å². The molecule has 0 spiro atoms. The van der Waals surface area contributed by atoms with Crippen LogP contribution in [0.3, 0.4) is 0 Å². The molecule has 0 radical (unpaired) electrons. The van der Waals surface area contributed by atoms with Gasteiger partial charge in [-0.05, 0) is 37.3 Å². The largest absolute Gasteiger partial charge is 0.299 e. The smallest absolute Gasteiger partial charge is 0.142 e. The lowest BCUT2D eigenvalue weighted by molar-refractivity contribution is -0.119. The third kappa shape index (κ3) is 3.07. The van der Waals surface area contributed by atoms with Gasteiger partial charge in [0.25, 0.3) is 0 Å². The SMILES string of the molecule is CCC(C)n1ccc(CC(=O)C2CC2c2ccccc2)n1. The van der Waals surface area contributed by atoms with Crippen molar-refractivity contribution < 1.29 is 4.79 Å². The summed E-state index contributed by atoms with van der Waals surface area (Å²) in [6.45, 7) is 4.29. The van der Waals surface area contributed by atoms with Crippen LogP contribution in [-0.4, -0.2) is 15.6 Å². The summed E-state index contributed by atoms with van der Waals surface area (Å²) in [5.74, 6) is 0.953. The van der Waals surface area contributed by atoms with Gasteiger partial charge in [-0.15, -0.1) is 0 Å². The maximum Gasteiger partial charge on any atom is 0.142 e. The fraction of sp³-hybridized carbons (Fsp3) is 0.444. The molecule has 1 saturated carbocycles. The van der Waals surface area contributed by atoms with Crippen molar-refractivity contribution in [2.75, 3.05) is 0 Å². The van der Waals surface area contributed by atoms with Gasteiger partial charge in [-0.1, -0.05) is 37.3 Å². The van der Waals surface area contributed by atoms with Gasteiger partial charge in [0.1, 0.15) is 5.78 Å². The maximum absolute atomic E-state index is 12.4. The van der Waals surface area contributed by atoms with E-state index in [1.54, 1.807) is 0 Å². The Balaban J connectivity index is 1.59. The molecule has 1 aliphatic rings. The Morgan fingerprint density at radius 3 is 2.81 bits per heavy atom. The molecule has 0 N–H and O–H groups in total. The number of benzene rings is 1. The molecule has 3 unspecified atom stereocenters. The second kappa shape index (κ2) is 5.84. The molecule has 0 bridgehead atoms. The van der Waals surface area contributed by atoms with E-state index in [4.69, 9.17) is 0 Å². The van der Waals surface area contributed by atoms with Gasteiger partial charge in [-0.25, -0.2) is 0 Å². The van der Waals surface area contributed by atoms with Crippen LogP contribution < -0.4 is 0 Å². The van der Waals surface area contributed by atoms with Gasteiger partial charge >= 0.3 is 0 Å². The summed E-state index contributed by atoms with van der Waals surface area (Å²) in [7, 11) is 0. The minimum absolute atomic E-state index is 0.196. The molecule has 2 aromatic rings. The lowest BCUT2D eigenvalue weighted by Crippen LogP contribution is -2.09. The summed E-state index contributed by atoms with van der Waals surface area (Å²) in [5, 5.41) is 4.52. The highest BCUT2D eigenvalue weighted by Gasteiger charge is 2.43. The number of hydrogen-bond donors (Lipinski definition) is 0. The molecule has 3 atom stereocenters. The van der Waals surface area contributed by atoms with E-state index in [9.17, 15) is 4.79 Å². The van der Waals surface area contributed by atoms with Gasteiger partial charge in [0, 0.05) is 18.2 Å². The molecule has 1 aromatic heterocycles. The van der Waals surface area contributed by atoms with Gasteiger partial charge in [0.2, 0.25) is 0 Å².